The van der Waals surface area contributed by atoms with Crippen LogP contribution in [0.15, 0.2) is 73.3 Å². The van der Waals surface area contributed by atoms with Crippen molar-refractivity contribution in [3.05, 3.63) is 102 Å². The van der Waals surface area contributed by atoms with Crippen LogP contribution in [0, 0.1) is 23.4 Å². The van der Waals surface area contributed by atoms with Gasteiger partial charge >= 0.3 is 0 Å². The van der Waals surface area contributed by atoms with Gasteiger partial charge in [-0.05, 0) is 65.5 Å². The Morgan fingerprint density at radius 2 is 1.55 bits per heavy atom. The zero-order chi connectivity index (χ0) is 22.0. The number of aryl methyl sites for hydroxylation is 1. The summed E-state index contributed by atoms with van der Waals surface area (Å²) in [5.41, 5.74) is 4.45. The van der Waals surface area contributed by atoms with Crippen molar-refractivity contribution >= 4 is 5.57 Å². The van der Waals surface area contributed by atoms with Crippen molar-refractivity contribution in [1.29, 1.82) is 0 Å². The predicted octanol–water partition coefficient (Wildman–Crippen LogP) is 8.37. The highest BCUT2D eigenvalue weighted by Gasteiger charge is 2.17. The minimum absolute atomic E-state index is 0.227. The van der Waals surface area contributed by atoms with Crippen LogP contribution in [-0.2, 0) is 6.42 Å². The van der Waals surface area contributed by atoms with Gasteiger partial charge in [0.15, 0.2) is 11.6 Å². The van der Waals surface area contributed by atoms with Gasteiger partial charge in [-0.1, -0.05) is 67.6 Å². The molecule has 0 fully saturated rings. The number of halogens is 3. The standard InChI is InChI=1S/C28H25F3/c1-3-18-5-7-21(8-6-18)24-15-14-23(17-26(24)29)20-9-11-22(12-10-20)25-16-13-19(4-2)27(30)28(25)31/h3,7,9-18H,1,4-6,8H2,2H3. The summed E-state index contributed by atoms with van der Waals surface area (Å²) in [7, 11) is 0. The Hall–Kier alpha value is -3.07. The fourth-order valence-electron chi connectivity index (χ4n) is 4.20. The van der Waals surface area contributed by atoms with Gasteiger partial charge in [0, 0.05) is 11.1 Å². The highest BCUT2D eigenvalue weighted by Crippen LogP contribution is 2.34. The molecule has 1 unspecified atom stereocenters. The van der Waals surface area contributed by atoms with E-state index in [0.717, 1.165) is 36.0 Å². The van der Waals surface area contributed by atoms with Gasteiger partial charge in [-0.25, -0.2) is 13.2 Å². The van der Waals surface area contributed by atoms with Gasteiger partial charge < -0.3 is 0 Å². The second-order valence-corrected chi connectivity index (χ2v) is 8.03. The third-order valence-electron chi connectivity index (χ3n) is 6.17. The number of hydrogen-bond donors (Lipinski definition) is 0. The van der Waals surface area contributed by atoms with E-state index in [1.54, 1.807) is 37.3 Å². The van der Waals surface area contributed by atoms with Crippen molar-refractivity contribution in [2.45, 2.75) is 32.6 Å². The van der Waals surface area contributed by atoms with Gasteiger partial charge in [0.2, 0.25) is 0 Å². The molecule has 0 bridgehead atoms. The van der Waals surface area contributed by atoms with Gasteiger partial charge in [-0.15, -0.1) is 6.58 Å². The molecule has 158 valence electrons. The fourth-order valence-corrected chi connectivity index (χ4v) is 4.20. The molecule has 0 nitrogen and oxygen atoms in total. The van der Waals surface area contributed by atoms with Crippen molar-refractivity contribution in [3.63, 3.8) is 0 Å². The molecular weight excluding hydrogens is 393 g/mol. The van der Waals surface area contributed by atoms with E-state index < -0.39 is 11.6 Å². The van der Waals surface area contributed by atoms with Crippen LogP contribution in [0.5, 0.6) is 0 Å². The summed E-state index contributed by atoms with van der Waals surface area (Å²) in [6, 6.07) is 15.6. The first kappa shape index (κ1) is 21.2. The highest BCUT2D eigenvalue weighted by molar-refractivity contribution is 5.74. The Morgan fingerprint density at radius 3 is 2.16 bits per heavy atom. The molecule has 0 amide bonds. The van der Waals surface area contributed by atoms with E-state index in [0.29, 0.717) is 29.0 Å². The molecule has 0 aliphatic heterocycles. The summed E-state index contributed by atoms with van der Waals surface area (Å²) >= 11 is 0. The van der Waals surface area contributed by atoms with Crippen LogP contribution in [-0.4, -0.2) is 0 Å². The van der Waals surface area contributed by atoms with Crippen molar-refractivity contribution in [1.82, 2.24) is 0 Å². The van der Waals surface area contributed by atoms with Gasteiger partial charge in [-0.3, -0.25) is 0 Å². The average molecular weight is 419 g/mol. The molecule has 3 heteroatoms. The minimum atomic E-state index is -0.832. The first-order chi connectivity index (χ1) is 15.0. The Bertz CT molecular complexity index is 1140. The Kier molecular flexibility index (Phi) is 6.13. The van der Waals surface area contributed by atoms with Crippen molar-refractivity contribution in [2.24, 2.45) is 5.92 Å². The first-order valence-electron chi connectivity index (χ1n) is 10.7. The summed E-state index contributed by atoms with van der Waals surface area (Å²) < 4.78 is 43.4. The third-order valence-corrected chi connectivity index (χ3v) is 6.17. The predicted molar refractivity (Wildman–Crippen MR) is 122 cm³/mol. The quantitative estimate of drug-likeness (QED) is 0.365. The van der Waals surface area contributed by atoms with Crippen molar-refractivity contribution in [3.8, 4) is 22.3 Å². The average Bonchev–Trinajstić information content (AvgIpc) is 2.81. The van der Waals surface area contributed by atoms with E-state index in [9.17, 15) is 13.2 Å². The lowest BCUT2D eigenvalue weighted by Gasteiger charge is -2.19. The number of allylic oxidation sites excluding steroid dienone is 3. The molecule has 0 N–H and O–H groups in total. The van der Waals surface area contributed by atoms with Crippen LogP contribution in [0.1, 0.15) is 37.3 Å². The molecule has 0 saturated heterocycles. The summed E-state index contributed by atoms with van der Waals surface area (Å²) in [6.45, 7) is 5.64. The molecule has 0 heterocycles. The van der Waals surface area contributed by atoms with Gasteiger partial charge in [0.25, 0.3) is 0 Å². The van der Waals surface area contributed by atoms with Crippen LogP contribution < -0.4 is 0 Å². The number of hydrogen-bond acceptors (Lipinski definition) is 0. The smallest absolute Gasteiger partial charge is 0.166 e. The second-order valence-electron chi connectivity index (χ2n) is 8.03. The third kappa shape index (κ3) is 4.23. The molecule has 31 heavy (non-hydrogen) atoms. The largest absolute Gasteiger partial charge is 0.206 e. The zero-order valence-electron chi connectivity index (χ0n) is 17.6. The number of benzene rings is 3. The zero-order valence-corrected chi connectivity index (χ0v) is 17.6. The van der Waals surface area contributed by atoms with Crippen LogP contribution in [0.3, 0.4) is 0 Å². The Labute approximate surface area is 181 Å². The van der Waals surface area contributed by atoms with Crippen LogP contribution in [0.2, 0.25) is 0 Å². The first-order valence-corrected chi connectivity index (χ1v) is 10.7. The van der Waals surface area contributed by atoms with E-state index in [-0.39, 0.29) is 11.4 Å². The molecule has 3 aromatic rings. The van der Waals surface area contributed by atoms with Crippen LogP contribution in [0.25, 0.3) is 27.8 Å². The van der Waals surface area contributed by atoms with E-state index in [4.69, 9.17) is 0 Å². The lowest BCUT2D eigenvalue weighted by molar-refractivity contribution is 0.502. The molecule has 0 saturated carbocycles. The van der Waals surface area contributed by atoms with Crippen molar-refractivity contribution in [2.75, 3.05) is 0 Å². The lowest BCUT2D eigenvalue weighted by atomic mass is 9.86. The number of rotatable bonds is 5. The van der Waals surface area contributed by atoms with Gasteiger partial charge in [0.05, 0.1) is 0 Å². The molecule has 0 aromatic heterocycles. The summed E-state index contributed by atoms with van der Waals surface area (Å²) in [4.78, 5) is 0. The topological polar surface area (TPSA) is 0 Å². The SMILES string of the molecule is C=CC1CC=C(c2ccc(-c3ccc(-c4ccc(CC)c(F)c4F)cc3)cc2F)CC1. The van der Waals surface area contributed by atoms with E-state index in [1.165, 1.54) is 0 Å². The highest BCUT2D eigenvalue weighted by atomic mass is 19.2. The molecule has 1 aliphatic rings. The molecule has 1 atom stereocenters. The maximum Gasteiger partial charge on any atom is 0.166 e. The van der Waals surface area contributed by atoms with Gasteiger partial charge in [0.1, 0.15) is 5.82 Å². The summed E-state index contributed by atoms with van der Waals surface area (Å²) in [6.07, 6.45) is 7.26. The molecule has 4 rings (SSSR count). The fraction of sp³-hybridized carbons (Fsp3) is 0.214. The molecule has 3 aromatic carbocycles. The monoisotopic (exact) mass is 418 g/mol. The lowest BCUT2D eigenvalue weighted by Crippen LogP contribution is -2.03. The summed E-state index contributed by atoms with van der Waals surface area (Å²) in [5, 5.41) is 0. The Balaban J connectivity index is 1.59. The normalized spacial score (nSPS) is 16.1. The molecular formula is C28H25F3. The molecule has 0 radical (unpaired) electrons. The van der Waals surface area contributed by atoms with Crippen LogP contribution in [0.4, 0.5) is 13.2 Å². The summed E-state index contributed by atoms with van der Waals surface area (Å²) in [5.74, 6) is -1.39. The van der Waals surface area contributed by atoms with E-state index in [1.807, 2.05) is 30.3 Å². The van der Waals surface area contributed by atoms with Crippen LogP contribution >= 0.6 is 0 Å². The minimum Gasteiger partial charge on any atom is -0.206 e. The maximum absolute atomic E-state index is 14.9. The second kappa shape index (κ2) is 8.97. The van der Waals surface area contributed by atoms with Crippen molar-refractivity contribution < 1.29 is 13.2 Å². The van der Waals surface area contributed by atoms with E-state index >= 15 is 0 Å². The molecule has 0 spiro atoms. The van der Waals surface area contributed by atoms with Gasteiger partial charge in [-0.2, -0.15) is 0 Å². The Morgan fingerprint density at radius 1 is 0.871 bits per heavy atom. The molecule has 1 aliphatic carbocycles. The maximum atomic E-state index is 14.9. The van der Waals surface area contributed by atoms with E-state index in [2.05, 4.69) is 12.7 Å².